The quantitative estimate of drug-likeness (QED) is 0.564. The molecule has 0 aliphatic heterocycles. The van der Waals surface area contributed by atoms with Gasteiger partial charge < -0.3 is 4.74 Å². The molecule has 0 spiro atoms. The molecule has 0 unspecified atom stereocenters. The molecule has 4 rings (SSSR count). The first-order chi connectivity index (χ1) is 11.8. The van der Waals surface area contributed by atoms with Crippen LogP contribution in [0.15, 0.2) is 73.1 Å². The number of fused-ring (bicyclic) bond motifs is 1. The molecule has 0 atom stereocenters. The first kappa shape index (κ1) is 14.5. The van der Waals surface area contributed by atoms with Crippen molar-refractivity contribution in [2.75, 3.05) is 0 Å². The van der Waals surface area contributed by atoms with Crippen molar-refractivity contribution >= 4 is 5.65 Å². The van der Waals surface area contributed by atoms with Crippen molar-refractivity contribution in [1.29, 1.82) is 0 Å². The Balaban J connectivity index is 1.63. The van der Waals surface area contributed by atoms with E-state index in [-0.39, 0.29) is 0 Å². The normalized spacial score (nSPS) is 10.9. The number of rotatable bonds is 4. The first-order valence-electron chi connectivity index (χ1n) is 7.88. The van der Waals surface area contributed by atoms with Gasteiger partial charge in [0.25, 0.3) is 0 Å². The van der Waals surface area contributed by atoms with Crippen molar-refractivity contribution in [3.63, 3.8) is 0 Å². The summed E-state index contributed by atoms with van der Waals surface area (Å²) >= 11 is 0. The Morgan fingerprint density at radius 3 is 2.75 bits per heavy atom. The molecular weight excluding hydrogens is 298 g/mol. The number of ether oxygens (including phenoxy) is 1. The highest BCUT2D eigenvalue weighted by atomic mass is 16.5. The van der Waals surface area contributed by atoms with E-state index in [9.17, 15) is 0 Å². The van der Waals surface area contributed by atoms with Crippen LogP contribution < -0.4 is 4.74 Å². The summed E-state index contributed by atoms with van der Waals surface area (Å²) in [5.74, 6) is 0.832. The molecule has 4 heteroatoms. The van der Waals surface area contributed by atoms with Gasteiger partial charge in [-0.15, -0.1) is 0 Å². The summed E-state index contributed by atoms with van der Waals surface area (Å²) in [6.07, 6.45) is 3.65. The van der Waals surface area contributed by atoms with E-state index in [1.54, 1.807) is 6.20 Å². The lowest BCUT2D eigenvalue weighted by Crippen LogP contribution is -1.97. The van der Waals surface area contributed by atoms with Crippen molar-refractivity contribution in [3.05, 3.63) is 84.2 Å². The lowest BCUT2D eigenvalue weighted by molar-refractivity contribution is 0.306. The Morgan fingerprint density at radius 2 is 1.88 bits per heavy atom. The maximum absolute atomic E-state index is 5.92. The van der Waals surface area contributed by atoms with Gasteiger partial charge in [-0.05, 0) is 36.2 Å². The fourth-order valence-corrected chi connectivity index (χ4v) is 2.70. The number of hydrogen-bond donors (Lipinski definition) is 0. The Bertz CT molecular complexity index is 977. The highest BCUT2D eigenvalue weighted by Crippen LogP contribution is 2.25. The molecule has 0 saturated carbocycles. The van der Waals surface area contributed by atoms with Crippen LogP contribution in [0.5, 0.6) is 5.75 Å². The van der Waals surface area contributed by atoms with Crippen LogP contribution >= 0.6 is 0 Å². The Hall–Kier alpha value is -3.14. The molecule has 0 bridgehead atoms. The van der Waals surface area contributed by atoms with Gasteiger partial charge in [0, 0.05) is 11.8 Å². The molecule has 24 heavy (non-hydrogen) atoms. The van der Waals surface area contributed by atoms with Gasteiger partial charge in [-0.25, -0.2) is 9.50 Å². The molecule has 4 nitrogen and oxygen atoms in total. The molecular formula is C20H17N3O. The lowest BCUT2D eigenvalue weighted by Gasteiger charge is -2.08. The van der Waals surface area contributed by atoms with Crippen LogP contribution in [0.1, 0.15) is 11.1 Å². The summed E-state index contributed by atoms with van der Waals surface area (Å²) in [6, 6.07) is 20.1. The smallest absolute Gasteiger partial charge is 0.157 e. The number of nitrogens with zero attached hydrogens (tertiary/aromatic N) is 3. The predicted molar refractivity (Wildman–Crippen MR) is 93.9 cm³/mol. The average Bonchev–Trinajstić information content (AvgIpc) is 3.07. The van der Waals surface area contributed by atoms with Crippen molar-refractivity contribution in [1.82, 2.24) is 14.6 Å². The van der Waals surface area contributed by atoms with E-state index < -0.39 is 0 Å². The number of aryl methyl sites for hydroxylation is 1. The van der Waals surface area contributed by atoms with Crippen molar-refractivity contribution < 1.29 is 4.74 Å². The van der Waals surface area contributed by atoms with Crippen molar-refractivity contribution in [2.24, 2.45) is 0 Å². The van der Waals surface area contributed by atoms with E-state index in [0.29, 0.717) is 6.61 Å². The number of hydrogen-bond acceptors (Lipinski definition) is 3. The van der Waals surface area contributed by atoms with Crippen LogP contribution in [0.25, 0.3) is 16.9 Å². The molecule has 2 aromatic carbocycles. The summed E-state index contributed by atoms with van der Waals surface area (Å²) in [4.78, 5) is 4.48. The summed E-state index contributed by atoms with van der Waals surface area (Å²) in [5, 5.41) is 4.41. The molecule has 2 heterocycles. The van der Waals surface area contributed by atoms with Crippen molar-refractivity contribution in [3.8, 4) is 17.0 Å². The minimum atomic E-state index is 0.550. The number of benzene rings is 2. The molecule has 0 radical (unpaired) electrons. The fraction of sp³-hybridized carbons (Fsp3) is 0.100. The zero-order valence-corrected chi connectivity index (χ0v) is 13.4. The minimum Gasteiger partial charge on any atom is -0.489 e. The van der Waals surface area contributed by atoms with Crippen molar-refractivity contribution in [2.45, 2.75) is 13.5 Å². The zero-order chi connectivity index (χ0) is 16.4. The molecule has 0 fully saturated rings. The highest BCUT2D eigenvalue weighted by Gasteiger charge is 2.09. The van der Waals surface area contributed by atoms with Gasteiger partial charge in [0.15, 0.2) is 5.65 Å². The van der Waals surface area contributed by atoms with Crippen LogP contribution in [0.3, 0.4) is 0 Å². The van der Waals surface area contributed by atoms with E-state index >= 15 is 0 Å². The Labute approximate surface area is 140 Å². The molecule has 0 aliphatic rings. The lowest BCUT2D eigenvalue weighted by atomic mass is 10.1. The van der Waals surface area contributed by atoms with E-state index in [1.807, 2.05) is 66.2 Å². The zero-order valence-electron chi connectivity index (χ0n) is 13.4. The highest BCUT2D eigenvalue weighted by molar-refractivity contribution is 5.65. The van der Waals surface area contributed by atoms with Gasteiger partial charge in [0.1, 0.15) is 12.4 Å². The van der Waals surface area contributed by atoms with Crippen LogP contribution in [0.2, 0.25) is 0 Å². The third-order valence-electron chi connectivity index (χ3n) is 3.98. The van der Waals surface area contributed by atoms with Gasteiger partial charge >= 0.3 is 0 Å². The minimum absolute atomic E-state index is 0.550. The molecule has 0 aliphatic carbocycles. The van der Waals surface area contributed by atoms with E-state index in [0.717, 1.165) is 33.8 Å². The SMILES string of the molecule is Cc1ccnn2c(-c3cccc(OCc4ccccc4)c3)cnc12. The fourth-order valence-electron chi connectivity index (χ4n) is 2.70. The standard InChI is InChI=1S/C20H17N3O/c1-15-10-11-22-23-19(13-21-20(15)23)17-8-5-9-18(12-17)24-14-16-6-3-2-4-7-16/h2-13H,14H2,1H3. The number of aromatic nitrogens is 3. The van der Waals surface area contributed by atoms with Gasteiger partial charge in [-0.2, -0.15) is 5.10 Å². The Kier molecular flexibility index (Phi) is 3.71. The summed E-state index contributed by atoms with van der Waals surface area (Å²) in [5.41, 5.74) is 5.12. The van der Waals surface area contributed by atoms with E-state index in [2.05, 4.69) is 22.2 Å². The van der Waals surface area contributed by atoms with Gasteiger partial charge in [0.05, 0.1) is 11.9 Å². The third-order valence-corrected chi connectivity index (χ3v) is 3.98. The largest absolute Gasteiger partial charge is 0.489 e. The third kappa shape index (κ3) is 2.74. The maximum Gasteiger partial charge on any atom is 0.157 e. The Morgan fingerprint density at radius 1 is 1.00 bits per heavy atom. The molecule has 0 amide bonds. The monoisotopic (exact) mass is 315 g/mol. The second-order valence-corrected chi connectivity index (χ2v) is 5.70. The average molecular weight is 315 g/mol. The molecule has 2 aromatic heterocycles. The first-order valence-corrected chi connectivity index (χ1v) is 7.88. The van der Waals surface area contributed by atoms with Crippen LogP contribution in [-0.4, -0.2) is 14.6 Å². The molecule has 0 N–H and O–H groups in total. The number of imidazole rings is 1. The van der Waals surface area contributed by atoms with Gasteiger partial charge in [-0.1, -0.05) is 42.5 Å². The van der Waals surface area contributed by atoms with Gasteiger partial charge in [0.2, 0.25) is 0 Å². The second kappa shape index (κ2) is 6.16. The second-order valence-electron chi connectivity index (χ2n) is 5.70. The molecule has 0 saturated heterocycles. The molecule has 118 valence electrons. The predicted octanol–water partition coefficient (Wildman–Crippen LogP) is 4.28. The van der Waals surface area contributed by atoms with Crippen LogP contribution in [-0.2, 0) is 6.61 Å². The molecule has 4 aromatic rings. The summed E-state index contributed by atoms with van der Waals surface area (Å²) < 4.78 is 7.78. The van der Waals surface area contributed by atoms with Crippen LogP contribution in [0.4, 0.5) is 0 Å². The maximum atomic E-state index is 5.92. The summed E-state index contributed by atoms with van der Waals surface area (Å²) in [6.45, 7) is 2.59. The van der Waals surface area contributed by atoms with E-state index in [1.165, 1.54) is 0 Å². The van der Waals surface area contributed by atoms with Gasteiger partial charge in [-0.3, -0.25) is 0 Å². The topological polar surface area (TPSA) is 39.4 Å². The van der Waals surface area contributed by atoms with Crippen LogP contribution in [0, 0.1) is 6.92 Å². The van der Waals surface area contributed by atoms with E-state index in [4.69, 9.17) is 4.74 Å². The summed E-state index contributed by atoms with van der Waals surface area (Å²) in [7, 11) is 0.